The van der Waals surface area contributed by atoms with Gasteiger partial charge in [-0.05, 0) is 37.5 Å². The van der Waals surface area contributed by atoms with Crippen LogP contribution in [0.2, 0.25) is 0 Å². The molecule has 2 unspecified atom stereocenters. The zero-order chi connectivity index (χ0) is 19.5. The highest BCUT2D eigenvalue weighted by Gasteiger charge is 2.24. The number of nitrogens with zero attached hydrogens (tertiary/aromatic N) is 5. The molecule has 2 atom stereocenters. The number of piperidine rings is 1. The third-order valence-corrected chi connectivity index (χ3v) is 6.32. The predicted molar refractivity (Wildman–Crippen MR) is 114 cm³/mol. The lowest BCUT2D eigenvalue weighted by atomic mass is 10.1. The highest BCUT2D eigenvalue weighted by molar-refractivity contribution is 8.02. The molecule has 28 heavy (non-hydrogen) atoms. The Balaban J connectivity index is 1.71. The minimum atomic E-state index is -0.0925. The summed E-state index contributed by atoms with van der Waals surface area (Å²) in [7, 11) is 0. The smallest absolute Gasteiger partial charge is 0.293 e. The summed E-state index contributed by atoms with van der Waals surface area (Å²) in [4.78, 5) is 20.1. The number of nitrogens with two attached hydrogens (primary N) is 1. The van der Waals surface area contributed by atoms with E-state index >= 15 is 0 Å². The molecule has 0 aliphatic carbocycles. The second-order valence-electron chi connectivity index (χ2n) is 7.39. The number of hydrogen-bond acceptors (Lipinski definition) is 6. The molecule has 8 heteroatoms. The van der Waals surface area contributed by atoms with Crippen LogP contribution in [0.15, 0.2) is 22.5 Å². The maximum Gasteiger partial charge on any atom is 0.293 e. The van der Waals surface area contributed by atoms with E-state index in [9.17, 15) is 4.79 Å². The minimum Gasteiger partial charge on any atom is -0.341 e. The first-order valence-electron chi connectivity index (χ1n) is 9.82. The normalized spacial score (nSPS) is 21.9. The number of aromatic nitrogens is 4. The molecule has 0 spiro atoms. The maximum atomic E-state index is 13.2. The lowest BCUT2D eigenvalue weighted by molar-refractivity contribution is 0.495. The van der Waals surface area contributed by atoms with Gasteiger partial charge in [-0.3, -0.25) is 9.36 Å². The van der Waals surface area contributed by atoms with Crippen molar-refractivity contribution in [3.8, 4) is 11.8 Å². The van der Waals surface area contributed by atoms with Crippen molar-refractivity contribution < 1.29 is 0 Å². The molecule has 2 N–H and O–H groups in total. The van der Waals surface area contributed by atoms with Crippen molar-refractivity contribution in [2.75, 3.05) is 23.7 Å². The van der Waals surface area contributed by atoms with E-state index in [0.717, 1.165) is 44.1 Å². The van der Waals surface area contributed by atoms with Gasteiger partial charge in [0.2, 0.25) is 5.95 Å². The number of anilines is 1. The van der Waals surface area contributed by atoms with Gasteiger partial charge in [0.05, 0.1) is 12.7 Å². The van der Waals surface area contributed by atoms with Crippen molar-refractivity contribution in [3.63, 3.8) is 0 Å². The molecule has 2 aromatic rings. The van der Waals surface area contributed by atoms with Gasteiger partial charge in [0, 0.05) is 31.4 Å². The number of fused-ring (bicyclic) bond motifs is 1. The summed E-state index contributed by atoms with van der Waals surface area (Å²) >= 11 is 1.82. The van der Waals surface area contributed by atoms with Gasteiger partial charge in [-0.25, -0.2) is 9.67 Å². The number of aryl methyl sites for hydroxylation is 1. The van der Waals surface area contributed by atoms with Crippen LogP contribution >= 0.6 is 11.8 Å². The van der Waals surface area contributed by atoms with Crippen LogP contribution in [0.1, 0.15) is 26.2 Å². The van der Waals surface area contributed by atoms with Crippen LogP contribution in [0, 0.1) is 17.8 Å². The Labute approximate surface area is 169 Å². The van der Waals surface area contributed by atoms with Crippen LogP contribution in [0.5, 0.6) is 0 Å². The van der Waals surface area contributed by atoms with Gasteiger partial charge in [-0.2, -0.15) is 5.10 Å². The van der Waals surface area contributed by atoms with E-state index in [1.807, 2.05) is 23.3 Å². The molecule has 7 nitrogen and oxygen atoms in total. The Morgan fingerprint density at radius 3 is 3.07 bits per heavy atom. The molecule has 2 aliphatic rings. The number of rotatable bonds is 5. The van der Waals surface area contributed by atoms with Gasteiger partial charge in [-0.15, -0.1) is 17.7 Å². The van der Waals surface area contributed by atoms with Crippen LogP contribution in [-0.4, -0.2) is 44.2 Å². The number of thioether (sulfide) groups is 1. The summed E-state index contributed by atoms with van der Waals surface area (Å²) in [5.41, 5.74) is 7.29. The quantitative estimate of drug-likeness (QED) is 0.774. The Kier molecular flexibility index (Phi) is 5.74. The molecular formula is C20H26N6OS. The first kappa shape index (κ1) is 19.1. The molecule has 4 rings (SSSR count). The summed E-state index contributed by atoms with van der Waals surface area (Å²) in [6.07, 6.45) is 6.89. The Bertz CT molecular complexity index is 998. The summed E-state index contributed by atoms with van der Waals surface area (Å²) in [6.45, 7) is 4.50. The highest BCUT2D eigenvalue weighted by atomic mass is 32.2. The minimum absolute atomic E-state index is 0.0925. The number of allylic oxidation sites excluding steroid dienone is 1. The first-order chi connectivity index (χ1) is 13.7. The zero-order valence-corrected chi connectivity index (χ0v) is 17.0. The van der Waals surface area contributed by atoms with Gasteiger partial charge in [-0.1, -0.05) is 12.0 Å². The van der Waals surface area contributed by atoms with E-state index in [1.54, 1.807) is 10.9 Å². The molecule has 2 aliphatic heterocycles. The van der Waals surface area contributed by atoms with Crippen LogP contribution in [0.4, 0.5) is 5.95 Å². The summed E-state index contributed by atoms with van der Waals surface area (Å²) in [5, 5.41) is 6.52. The van der Waals surface area contributed by atoms with E-state index in [1.165, 1.54) is 0 Å². The predicted octanol–water partition coefficient (Wildman–Crippen LogP) is 1.81. The molecule has 0 radical (unpaired) electrons. The zero-order valence-electron chi connectivity index (χ0n) is 16.2. The standard InChI is InChI=1S/C20H26N6OS/c1-2-3-9-25-18-17(23-20(25)24-8-4-5-16(21)13-24)12-22-26(19(18)27)10-6-15-7-11-28-14-15/h7,11-12,15-16H,4-6,8-10,13-14,21H2,1H3. The molecule has 148 valence electrons. The van der Waals surface area contributed by atoms with Crippen LogP contribution < -0.4 is 16.2 Å². The van der Waals surface area contributed by atoms with E-state index in [-0.39, 0.29) is 11.6 Å². The molecule has 1 saturated heterocycles. The number of hydrogen-bond donors (Lipinski definition) is 1. The van der Waals surface area contributed by atoms with E-state index in [4.69, 9.17) is 10.7 Å². The van der Waals surface area contributed by atoms with Gasteiger partial charge in [0.25, 0.3) is 5.56 Å². The van der Waals surface area contributed by atoms with Crippen molar-refractivity contribution in [1.82, 2.24) is 19.3 Å². The Morgan fingerprint density at radius 1 is 1.43 bits per heavy atom. The molecule has 0 bridgehead atoms. The fourth-order valence-electron chi connectivity index (χ4n) is 3.84. The van der Waals surface area contributed by atoms with Crippen LogP contribution in [0.3, 0.4) is 0 Å². The average Bonchev–Trinajstić information content (AvgIpc) is 3.34. The average molecular weight is 399 g/mol. The first-order valence-corrected chi connectivity index (χ1v) is 10.9. The highest BCUT2D eigenvalue weighted by Crippen LogP contribution is 2.24. The van der Waals surface area contributed by atoms with Crippen LogP contribution in [-0.2, 0) is 13.1 Å². The fourth-order valence-corrected chi connectivity index (χ4v) is 4.81. The largest absolute Gasteiger partial charge is 0.341 e. The second-order valence-corrected chi connectivity index (χ2v) is 8.33. The van der Waals surface area contributed by atoms with Gasteiger partial charge >= 0.3 is 0 Å². The van der Waals surface area contributed by atoms with Crippen molar-refractivity contribution in [3.05, 3.63) is 28.0 Å². The van der Waals surface area contributed by atoms with E-state index in [0.29, 0.717) is 30.0 Å². The topological polar surface area (TPSA) is 82.0 Å². The molecule has 0 aromatic carbocycles. The SMILES string of the molecule is CC#CCn1c(N2CCCC(N)C2)nc2cnn(CCC3C=CSC3)c(=O)c21. The monoisotopic (exact) mass is 398 g/mol. The summed E-state index contributed by atoms with van der Waals surface area (Å²) < 4.78 is 3.51. The van der Waals surface area contributed by atoms with Crippen molar-refractivity contribution in [2.24, 2.45) is 11.7 Å². The van der Waals surface area contributed by atoms with Crippen molar-refractivity contribution in [1.29, 1.82) is 0 Å². The fraction of sp³-hybridized carbons (Fsp3) is 0.550. The van der Waals surface area contributed by atoms with Gasteiger partial charge < -0.3 is 10.6 Å². The third-order valence-electron chi connectivity index (χ3n) is 5.35. The van der Waals surface area contributed by atoms with Crippen molar-refractivity contribution >= 4 is 28.7 Å². The lowest BCUT2D eigenvalue weighted by Gasteiger charge is -2.31. The number of imidazole rings is 1. The van der Waals surface area contributed by atoms with Gasteiger partial charge in [0.15, 0.2) is 0 Å². The second kappa shape index (κ2) is 8.41. The molecule has 2 aromatic heterocycles. The molecule has 4 heterocycles. The molecular weight excluding hydrogens is 372 g/mol. The van der Waals surface area contributed by atoms with E-state index < -0.39 is 0 Å². The summed E-state index contributed by atoms with van der Waals surface area (Å²) in [6, 6.07) is 0.131. The Hall–Kier alpha value is -2.24. The van der Waals surface area contributed by atoms with Crippen LogP contribution in [0.25, 0.3) is 11.0 Å². The third kappa shape index (κ3) is 3.82. The lowest BCUT2D eigenvalue weighted by Crippen LogP contribution is -2.44. The maximum absolute atomic E-state index is 13.2. The summed E-state index contributed by atoms with van der Waals surface area (Å²) in [5.74, 6) is 8.39. The van der Waals surface area contributed by atoms with E-state index in [2.05, 4.69) is 33.3 Å². The van der Waals surface area contributed by atoms with Crippen molar-refractivity contribution in [2.45, 2.75) is 45.3 Å². The molecule has 0 saturated carbocycles. The molecule has 1 fully saturated rings. The van der Waals surface area contributed by atoms with Gasteiger partial charge in [0.1, 0.15) is 11.0 Å². The molecule has 0 amide bonds. The Morgan fingerprint density at radius 2 is 2.32 bits per heavy atom.